The summed E-state index contributed by atoms with van der Waals surface area (Å²) in [6, 6.07) is 16.0. The first-order valence-electron chi connectivity index (χ1n) is 14.8. The maximum atomic E-state index is 12.7. The summed E-state index contributed by atoms with van der Waals surface area (Å²) in [6.07, 6.45) is 3.75. The molecule has 2 fully saturated rings. The number of aliphatic hydroxyl groups excluding tert-OH is 1. The van der Waals surface area contributed by atoms with Gasteiger partial charge in [-0.25, -0.2) is 4.79 Å². The number of amides is 1. The van der Waals surface area contributed by atoms with E-state index in [1.807, 2.05) is 48.5 Å². The minimum absolute atomic E-state index is 0.0901. The van der Waals surface area contributed by atoms with Gasteiger partial charge in [0, 0.05) is 67.2 Å². The molecule has 0 bridgehead atoms. The lowest BCUT2D eigenvalue weighted by Gasteiger charge is -2.41. The lowest BCUT2D eigenvalue weighted by atomic mass is 9.95. The summed E-state index contributed by atoms with van der Waals surface area (Å²) in [4.78, 5) is 20.9. The first-order chi connectivity index (χ1) is 19.9. The molecule has 1 amide bonds. The second-order valence-electron chi connectivity index (χ2n) is 11.7. The van der Waals surface area contributed by atoms with Crippen LogP contribution in [0.15, 0.2) is 59.2 Å². The zero-order chi connectivity index (χ0) is 28.3. The van der Waals surface area contributed by atoms with Crippen molar-refractivity contribution in [2.45, 2.75) is 57.9 Å². The average molecular weight is 561 g/mol. The summed E-state index contributed by atoms with van der Waals surface area (Å²) < 4.78 is 17.4. The fourth-order valence-electron chi connectivity index (χ4n) is 6.19. The number of hydrogen-bond acceptors (Lipinski definition) is 7. The Morgan fingerprint density at radius 2 is 1.95 bits per heavy atom. The minimum atomic E-state index is -0.448. The van der Waals surface area contributed by atoms with Gasteiger partial charge in [0.2, 0.25) is 5.88 Å². The second kappa shape index (κ2) is 12.1. The van der Waals surface area contributed by atoms with E-state index in [0.717, 1.165) is 79.4 Å². The van der Waals surface area contributed by atoms with Crippen molar-refractivity contribution in [3.8, 4) is 11.6 Å². The van der Waals surface area contributed by atoms with Gasteiger partial charge in [0.05, 0.1) is 17.9 Å². The molecule has 0 aliphatic carbocycles. The van der Waals surface area contributed by atoms with E-state index in [9.17, 15) is 9.90 Å². The summed E-state index contributed by atoms with van der Waals surface area (Å²) in [5.41, 5.74) is 2.65. The molecule has 0 spiro atoms. The van der Waals surface area contributed by atoms with Crippen LogP contribution in [0.5, 0.6) is 11.6 Å². The van der Waals surface area contributed by atoms with Crippen LogP contribution in [-0.2, 0) is 6.61 Å². The molecule has 0 unspecified atom stereocenters. The Bertz CT molecular complexity index is 1470. The molecule has 9 heteroatoms. The molecule has 2 aromatic carbocycles. The van der Waals surface area contributed by atoms with Crippen molar-refractivity contribution in [1.29, 1.82) is 0 Å². The van der Waals surface area contributed by atoms with Crippen LogP contribution in [0.2, 0.25) is 0 Å². The van der Waals surface area contributed by atoms with Gasteiger partial charge in [-0.05, 0) is 50.3 Å². The van der Waals surface area contributed by atoms with Crippen molar-refractivity contribution < 1.29 is 23.8 Å². The normalized spacial score (nSPS) is 21.7. The number of nitrogens with zero attached hydrogens (tertiary/aromatic N) is 2. The van der Waals surface area contributed by atoms with Crippen molar-refractivity contribution in [3.05, 3.63) is 60.4 Å². The van der Waals surface area contributed by atoms with Crippen molar-refractivity contribution in [3.63, 3.8) is 0 Å². The van der Waals surface area contributed by atoms with Crippen LogP contribution in [0.4, 0.5) is 4.79 Å². The molecule has 3 N–H and O–H groups in total. The van der Waals surface area contributed by atoms with Crippen LogP contribution >= 0.6 is 0 Å². The molecule has 2 saturated heterocycles. The molecule has 0 saturated carbocycles. The number of hydrogen-bond donors (Lipinski definition) is 3. The maximum absolute atomic E-state index is 12.7. The molecule has 2 aromatic heterocycles. The number of carbonyl (C=O) groups excluding carboxylic acids is 1. The maximum Gasteiger partial charge on any atom is 0.414 e. The van der Waals surface area contributed by atoms with Gasteiger partial charge < -0.3 is 34.2 Å². The van der Waals surface area contributed by atoms with Gasteiger partial charge in [0.1, 0.15) is 17.9 Å². The standard InChI is InChI=1S/C32H40N4O5/c1-21-17-36(15-12-28(21)37)22(2)18-35-13-10-24(11-14-35)33-32(38)41-31-16-26-27(34-31)7-5-9-30(26)40-20-23-19-39-29-8-4-3-6-25(23)29/h3-9,16,19,21-22,24,28,34,37H,10-15,17-18,20H2,1-2H3,(H,33,38)/t21-,22-,28-/m0/s1. The van der Waals surface area contributed by atoms with Gasteiger partial charge in [0.15, 0.2) is 0 Å². The first kappa shape index (κ1) is 27.6. The number of rotatable bonds is 8. The topological polar surface area (TPSA) is 103 Å². The van der Waals surface area contributed by atoms with E-state index in [1.165, 1.54) is 0 Å². The van der Waals surface area contributed by atoms with E-state index in [-0.39, 0.29) is 12.1 Å². The molecular formula is C32H40N4O5. The number of piperidine rings is 2. The number of H-pyrrole nitrogens is 1. The minimum Gasteiger partial charge on any atom is -0.488 e. The Morgan fingerprint density at radius 1 is 1.12 bits per heavy atom. The highest BCUT2D eigenvalue weighted by atomic mass is 16.6. The number of para-hydroxylation sites is 1. The van der Waals surface area contributed by atoms with Crippen molar-refractivity contribution in [1.82, 2.24) is 20.1 Å². The Balaban J connectivity index is 0.986. The predicted octanol–water partition coefficient (Wildman–Crippen LogP) is 5.14. The third-order valence-corrected chi connectivity index (χ3v) is 8.69. The van der Waals surface area contributed by atoms with Gasteiger partial charge in [-0.3, -0.25) is 4.90 Å². The van der Waals surface area contributed by atoms with Gasteiger partial charge in [0.25, 0.3) is 0 Å². The van der Waals surface area contributed by atoms with Gasteiger partial charge in [-0.1, -0.05) is 31.2 Å². The highest BCUT2D eigenvalue weighted by Crippen LogP contribution is 2.31. The highest BCUT2D eigenvalue weighted by molar-refractivity contribution is 5.88. The van der Waals surface area contributed by atoms with Crippen LogP contribution < -0.4 is 14.8 Å². The second-order valence-corrected chi connectivity index (χ2v) is 11.7. The smallest absolute Gasteiger partial charge is 0.414 e. The Morgan fingerprint density at radius 3 is 2.78 bits per heavy atom. The molecule has 9 nitrogen and oxygen atoms in total. The van der Waals surface area contributed by atoms with Crippen LogP contribution in [0.25, 0.3) is 21.9 Å². The number of carbonyl (C=O) groups is 1. The van der Waals surface area contributed by atoms with Crippen molar-refractivity contribution in [2.24, 2.45) is 5.92 Å². The van der Waals surface area contributed by atoms with Gasteiger partial charge >= 0.3 is 6.09 Å². The van der Waals surface area contributed by atoms with E-state index in [1.54, 1.807) is 6.26 Å². The van der Waals surface area contributed by atoms with E-state index < -0.39 is 6.09 Å². The molecule has 218 valence electrons. The average Bonchev–Trinajstić information content (AvgIpc) is 3.58. The number of ether oxygens (including phenoxy) is 2. The van der Waals surface area contributed by atoms with E-state index >= 15 is 0 Å². The van der Waals surface area contributed by atoms with Gasteiger partial charge in [-0.2, -0.15) is 0 Å². The zero-order valence-corrected chi connectivity index (χ0v) is 23.8. The molecular weight excluding hydrogens is 520 g/mol. The third-order valence-electron chi connectivity index (χ3n) is 8.69. The third kappa shape index (κ3) is 6.37. The van der Waals surface area contributed by atoms with E-state index in [2.05, 4.69) is 33.9 Å². The first-order valence-corrected chi connectivity index (χ1v) is 14.8. The summed E-state index contributed by atoms with van der Waals surface area (Å²) in [7, 11) is 0. The summed E-state index contributed by atoms with van der Waals surface area (Å²) in [5.74, 6) is 1.41. The number of aromatic nitrogens is 1. The molecule has 6 rings (SSSR count). The summed E-state index contributed by atoms with van der Waals surface area (Å²) in [6.45, 7) is 9.59. The van der Waals surface area contributed by atoms with E-state index in [0.29, 0.717) is 30.2 Å². The quantitative estimate of drug-likeness (QED) is 0.274. The van der Waals surface area contributed by atoms with Crippen molar-refractivity contribution in [2.75, 3.05) is 32.7 Å². The Labute approximate surface area is 240 Å². The number of furan rings is 1. The zero-order valence-electron chi connectivity index (χ0n) is 23.8. The number of nitrogens with one attached hydrogen (secondary N) is 2. The fourth-order valence-corrected chi connectivity index (χ4v) is 6.19. The van der Waals surface area contributed by atoms with Crippen LogP contribution in [0.3, 0.4) is 0 Å². The lowest BCUT2D eigenvalue weighted by Crippen LogP contribution is -2.52. The molecule has 3 atom stereocenters. The SMILES string of the molecule is C[C@H]1CN([C@@H](C)CN2CCC(NC(=O)Oc3cc4c(OCc5coc6ccccc56)cccc4[nH]3)CC2)CC[C@@H]1O. The Hall–Kier alpha value is -3.53. The lowest BCUT2D eigenvalue weighted by molar-refractivity contribution is 0.0116. The van der Waals surface area contributed by atoms with Crippen LogP contribution in [-0.4, -0.2) is 76.9 Å². The summed E-state index contributed by atoms with van der Waals surface area (Å²) in [5, 5.41) is 15.0. The number of fused-ring (bicyclic) bond motifs is 2. The number of likely N-dealkylation sites (tertiary alicyclic amines) is 2. The number of aromatic amines is 1. The van der Waals surface area contributed by atoms with Crippen LogP contribution in [0.1, 0.15) is 38.7 Å². The monoisotopic (exact) mass is 560 g/mol. The molecule has 2 aliphatic rings. The predicted molar refractivity (Wildman–Crippen MR) is 158 cm³/mol. The molecule has 2 aliphatic heterocycles. The molecule has 0 radical (unpaired) electrons. The molecule has 4 heterocycles. The summed E-state index contributed by atoms with van der Waals surface area (Å²) >= 11 is 0. The number of aliphatic hydroxyl groups is 1. The fraction of sp³-hybridized carbons (Fsp3) is 0.469. The Kier molecular flexibility index (Phi) is 8.18. The number of benzene rings is 2. The highest BCUT2D eigenvalue weighted by Gasteiger charge is 2.29. The van der Waals surface area contributed by atoms with Gasteiger partial charge in [-0.15, -0.1) is 0 Å². The van der Waals surface area contributed by atoms with E-state index in [4.69, 9.17) is 13.9 Å². The molecule has 4 aromatic rings. The molecule has 41 heavy (non-hydrogen) atoms. The van der Waals surface area contributed by atoms with Crippen molar-refractivity contribution >= 4 is 28.0 Å². The largest absolute Gasteiger partial charge is 0.488 e. The van der Waals surface area contributed by atoms with Crippen LogP contribution in [0, 0.1) is 5.92 Å².